The molecule has 1 fully saturated rings. The number of aliphatic carboxylic acids is 1. The topological polar surface area (TPSA) is 204 Å². The summed E-state index contributed by atoms with van der Waals surface area (Å²) in [5, 5.41) is 18.1. The zero-order chi connectivity index (χ0) is 29.4. The van der Waals surface area contributed by atoms with Gasteiger partial charge in [0.1, 0.15) is 24.6 Å². The Morgan fingerprint density at radius 3 is 1.92 bits per heavy atom. The number of nitro benzene ring substituents is 1. The SMILES string of the molecule is CC.CC(=O)O.CC(=O)OC[C@H]1OC(OC(=O)Oc2ccc([N+](=O)[O-])cc2)CC(OC(C)=O)C1OC(C)=O. The summed E-state index contributed by atoms with van der Waals surface area (Å²) < 4.78 is 30.8. The van der Waals surface area contributed by atoms with Gasteiger partial charge in [0.25, 0.3) is 11.7 Å². The molecule has 0 spiro atoms. The monoisotopic (exact) mass is 545 g/mol. The number of hydrogen-bond acceptors (Lipinski definition) is 13. The summed E-state index contributed by atoms with van der Waals surface area (Å²) in [6.45, 7) is 8.14. The molecule has 0 bridgehead atoms. The Labute approximate surface area is 218 Å². The van der Waals surface area contributed by atoms with Gasteiger partial charge >= 0.3 is 24.1 Å². The fourth-order valence-electron chi connectivity index (χ4n) is 2.84. The molecule has 0 aliphatic carbocycles. The lowest BCUT2D eigenvalue weighted by atomic mass is 10.0. The Balaban J connectivity index is 0.00000208. The second-order valence-electron chi connectivity index (χ2n) is 7.10. The van der Waals surface area contributed by atoms with E-state index in [1.807, 2.05) is 13.8 Å². The van der Waals surface area contributed by atoms with E-state index in [0.717, 1.165) is 39.8 Å². The lowest BCUT2D eigenvalue weighted by Gasteiger charge is -2.39. The minimum atomic E-state index is -1.31. The number of ether oxygens (including phenoxy) is 6. The number of non-ortho nitro benzene ring substituents is 1. The number of esters is 3. The molecule has 1 aliphatic heterocycles. The second-order valence-corrected chi connectivity index (χ2v) is 7.10. The fraction of sp³-hybridized carbons (Fsp3) is 0.522. The van der Waals surface area contributed by atoms with E-state index in [4.69, 9.17) is 38.3 Å². The maximum atomic E-state index is 12.1. The molecule has 1 N–H and O–H groups in total. The molecule has 212 valence electrons. The number of carbonyl (C=O) groups is 5. The zero-order valence-corrected chi connectivity index (χ0v) is 21.7. The Bertz CT molecular complexity index is 957. The molecular formula is C23H31NO14. The van der Waals surface area contributed by atoms with E-state index in [1.54, 1.807) is 0 Å². The minimum Gasteiger partial charge on any atom is -0.481 e. The summed E-state index contributed by atoms with van der Waals surface area (Å²) >= 11 is 0. The average Bonchev–Trinajstić information content (AvgIpc) is 2.80. The van der Waals surface area contributed by atoms with E-state index in [1.165, 1.54) is 12.1 Å². The van der Waals surface area contributed by atoms with E-state index in [2.05, 4.69) is 0 Å². The van der Waals surface area contributed by atoms with Crippen LogP contribution in [0.3, 0.4) is 0 Å². The predicted molar refractivity (Wildman–Crippen MR) is 126 cm³/mol. The third-order valence-electron chi connectivity index (χ3n) is 4.03. The van der Waals surface area contributed by atoms with E-state index in [9.17, 15) is 29.3 Å². The van der Waals surface area contributed by atoms with Crippen molar-refractivity contribution < 1.29 is 62.4 Å². The molecule has 0 aromatic heterocycles. The van der Waals surface area contributed by atoms with Crippen LogP contribution in [0.1, 0.15) is 48.0 Å². The van der Waals surface area contributed by atoms with Crippen molar-refractivity contribution in [3.8, 4) is 5.75 Å². The molecular weight excluding hydrogens is 514 g/mol. The number of rotatable bonds is 7. The molecule has 0 amide bonds. The maximum absolute atomic E-state index is 12.1. The van der Waals surface area contributed by atoms with Crippen LogP contribution in [-0.2, 0) is 42.9 Å². The lowest BCUT2D eigenvalue weighted by molar-refractivity contribution is -0.384. The van der Waals surface area contributed by atoms with Crippen LogP contribution in [0.15, 0.2) is 24.3 Å². The Hall–Kier alpha value is -4.27. The van der Waals surface area contributed by atoms with E-state index >= 15 is 0 Å². The van der Waals surface area contributed by atoms with Crippen molar-refractivity contribution in [1.82, 2.24) is 0 Å². The quantitative estimate of drug-likeness (QED) is 0.172. The molecule has 38 heavy (non-hydrogen) atoms. The van der Waals surface area contributed by atoms with Crippen molar-refractivity contribution in [3.63, 3.8) is 0 Å². The van der Waals surface area contributed by atoms with Gasteiger partial charge in [-0.2, -0.15) is 0 Å². The molecule has 15 heteroatoms. The second kappa shape index (κ2) is 17.2. The van der Waals surface area contributed by atoms with Gasteiger partial charge < -0.3 is 33.5 Å². The first-order valence-corrected chi connectivity index (χ1v) is 11.2. The standard InChI is InChI=1S/C19H21NO12.C2H4O2.C2H6/c1-10(21)27-9-16-18(29-12(3)23)15(28-11(2)22)8-17(31-16)32-19(24)30-14-6-4-13(5-7-14)20(25)26;1-2(3)4;1-2/h4-7,15-18H,8-9H2,1-3H3;1H3,(H,3,4);1-2H3/t15?,16-,17?,18?;;/m1../s1. The first kappa shape index (κ1) is 33.7. The lowest BCUT2D eigenvalue weighted by Crippen LogP contribution is -2.54. The van der Waals surface area contributed by atoms with Crippen molar-refractivity contribution in [2.45, 2.75) is 72.6 Å². The Morgan fingerprint density at radius 2 is 1.47 bits per heavy atom. The number of hydrogen-bond donors (Lipinski definition) is 1. The molecule has 4 atom stereocenters. The highest BCUT2D eigenvalue weighted by molar-refractivity contribution is 5.68. The largest absolute Gasteiger partial charge is 0.516 e. The summed E-state index contributed by atoms with van der Waals surface area (Å²) in [4.78, 5) is 65.3. The van der Waals surface area contributed by atoms with Gasteiger partial charge in [-0.15, -0.1) is 0 Å². The van der Waals surface area contributed by atoms with Crippen molar-refractivity contribution in [2.75, 3.05) is 6.61 Å². The van der Waals surface area contributed by atoms with Crippen LogP contribution in [0, 0.1) is 10.1 Å². The van der Waals surface area contributed by atoms with Crippen LogP contribution in [0.5, 0.6) is 5.75 Å². The zero-order valence-electron chi connectivity index (χ0n) is 21.7. The number of benzene rings is 1. The molecule has 2 rings (SSSR count). The predicted octanol–water partition coefficient (Wildman–Crippen LogP) is 2.77. The smallest absolute Gasteiger partial charge is 0.481 e. The molecule has 1 aromatic rings. The molecule has 1 aromatic carbocycles. The fourth-order valence-corrected chi connectivity index (χ4v) is 2.84. The minimum absolute atomic E-state index is 0.0257. The van der Waals surface area contributed by atoms with Crippen molar-refractivity contribution >= 4 is 35.7 Å². The van der Waals surface area contributed by atoms with Crippen LogP contribution in [0.4, 0.5) is 10.5 Å². The summed E-state index contributed by atoms with van der Waals surface area (Å²) in [5.74, 6) is -2.88. The first-order chi connectivity index (χ1) is 17.8. The van der Waals surface area contributed by atoms with Gasteiger partial charge in [-0.05, 0) is 12.1 Å². The normalized spacial score (nSPS) is 19.5. The van der Waals surface area contributed by atoms with Crippen LogP contribution >= 0.6 is 0 Å². The van der Waals surface area contributed by atoms with Crippen LogP contribution < -0.4 is 4.74 Å². The van der Waals surface area contributed by atoms with Gasteiger partial charge in [0.2, 0.25) is 6.29 Å². The van der Waals surface area contributed by atoms with Crippen molar-refractivity contribution in [3.05, 3.63) is 34.4 Å². The number of nitrogens with zero attached hydrogens (tertiary/aromatic N) is 1. The Morgan fingerprint density at radius 1 is 0.947 bits per heavy atom. The van der Waals surface area contributed by atoms with Crippen LogP contribution in [-0.4, -0.2) is 71.3 Å². The molecule has 0 radical (unpaired) electrons. The van der Waals surface area contributed by atoms with Crippen LogP contribution in [0.2, 0.25) is 0 Å². The number of carboxylic acids is 1. The third-order valence-corrected chi connectivity index (χ3v) is 4.03. The van der Waals surface area contributed by atoms with E-state index in [-0.39, 0.29) is 24.5 Å². The van der Waals surface area contributed by atoms with E-state index in [0.29, 0.717) is 0 Å². The summed E-state index contributed by atoms with van der Waals surface area (Å²) in [6, 6.07) is 4.66. The molecule has 15 nitrogen and oxygen atoms in total. The summed E-state index contributed by atoms with van der Waals surface area (Å²) in [6.07, 6.45) is -6.02. The van der Waals surface area contributed by atoms with Gasteiger partial charge in [0.05, 0.1) is 11.3 Å². The van der Waals surface area contributed by atoms with Crippen molar-refractivity contribution in [1.29, 1.82) is 0 Å². The first-order valence-electron chi connectivity index (χ1n) is 11.2. The maximum Gasteiger partial charge on any atom is 0.516 e. The number of carboxylic acid groups (broad SMARTS) is 1. The van der Waals surface area contributed by atoms with Gasteiger partial charge in [0, 0.05) is 39.8 Å². The van der Waals surface area contributed by atoms with Crippen molar-refractivity contribution in [2.24, 2.45) is 0 Å². The average molecular weight is 545 g/mol. The third kappa shape index (κ3) is 13.7. The van der Waals surface area contributed by atoms with Gasteiger partial charge in [-0.3, -0.25) is 29.3 Å². The Kier molecular flexibility index (Phi) is 15.3. The van der Waals surface area contributed by atoms with Gasteiger partial charge in [-0.1, -0.05) is 13.8 Å². The number of nitro groups is 1. The molecule has 0 saturated carbocycles. The summed E-state index contributed by atoms with van der Waals surface area (Å²) in [7, 11) is 0. The molecule has 1 aliphatic rings. The molecule has 1 saturated heterocycles. The van der Waals surface area contributed by atoms with Crippen LogP contribution in [0.25, 0.3) is 0 Å². The highest BCUT2D eigenvalue weighted by Crippen LogP contribution is 2.27. The van der Waals surface area contributed by atoms with E-state index < -0.39 is 59.6 Å². The molecule has 1 heterocycles. The van der Waals surface area contributed by atoms with Gasteiger partial charge in [0.15, 0.2) is 6.10 Å². The highest BCUT2D eigenvalue weighted by Gasteiger charge is 2.45. The molecule has 3 unspecified atom stereocenters. The number of carbonyl (C=O) groups excluding carboxylic acids is 4. The highest BCUT2D eigenvalue weighted by atomic mass is 16.8. The van der Waals surface area contributed by atoms with Gasteiger partial charge in [-0.25, -0.2) is 4.79 Å². The summed E-state index contributed by atoms with van der Waals surface area (Å²) in [5.41, 5.74) is -0.199.